The first-order chi connectivity index (χ1) is 8.40. The summed E-state index contributed by atoms with van der Waals surface area (Å²) in [5, 5.41) is 3.84. The zero-order valence-electron chi connectivity index (χ0n) is 10.9. The molecule has 4 aliphatic rings. The maximum absolute atomic E-state index is 3.84. The molecule has 0 aromatic rings. The lowest BCUT2D eigenvalue weighted by atomic mass is 10.0. The van der Waals surface area contributed by atoms with Crippen molar-refractivity contribution in [3.05, 3.63) is 0 Å². The van der Waals surface area contributed by atoms with E-state index in [4.69, 9.17) is 0 Å². The molecule has 1 saturated heterocycles. The molecule has 2 atom stereocenters. The highest BCUT2D eigenvalue weighted by Crippen LogP contribution is 2.40. The quantitative estimate of drug-likeness (QED) is 0.785. The van der Waals surface area contributed by atoms with Crippen molar-refractivity contribution in [3.63, 3.8) is 0 Å². The Hall–Kier alpha value is -0.0800. The van der Waals surface area contributed by atoms with Gasteiger partial charge in [0, 0.05) is 25.2 Å². The Kier molecular flexibility index (Phi) is 2.69. The van der Waals surface area contributed by atoms with E-state index in [1.165, 1.54) is 64.6 Å². The van der Waals surface area contributed by atoms with E-state index in [1.807, 2.05) is 0 Å². The normalized spacial score (nSPS) is 39.5. The van der Waals surface area contributed by atoms with Crippen molar-refractivity contribution in [1.29, 1.82) is 0 Å². The van der Waals surface area contributed by atoms with Crippen LogP contribution in [0.2, 0.25) is 0 Å². The zero-order valence-corrected chi connectivity index (χ0v) is 10.9. The minimum Gasteiger partial charge on any atom is -0.311 e. The van der Waals surface area contributed by atoms with E-state index in [9.17, 15) is 0 Å². The first kappa shape index (κ1) is 10.8. The van der Waals surface area contributed by atoms with Crippen LogP contribution >= 0.6 is 0 Å². The summed E-state index contributed by atoms with van der Waals surface area (Å²) in [4.78, 5) is 2.87. The second-order valence-electron chi connectivity index (χ2n) is 6.98. The van der Waals surface area contributed by atoms with Crippen LogP contribution in [0.1, 0.15) is 44.9 Å². The maximum atomic E-state index is 3.84. The molecular formula is C15H26N2. The summed E-state index contributed by atoms with van der Waals surface area (Å²) < 4.78 is 0. The lowest BCUT2D eigenvalue weighted by Gasteiger charge is -2.41. The molecule has 0 radical (unpaired) electrons. The summed E-state index contributed by atoms with van der Waals surface area (Å²) >= 11 is 0. The lowest BCUT2D eigenvalue weighted by molar-refractivity contribution is 0.105. The van der Waals surface area contributed by atoms with Gasteiger partial charge in [0.1, 0.15) is 0 Å². The molecule has 1 heterocycles. The van der Waals surface area contributed by atoms with Gasteiger partial charge in [0.05, 0.1) is 0 Å². The van der Waals surface area contributed by atoms with Crippen LogP contribution in [0, 0.1) is 17.8 Å². The largest absolute Gasteiger partial charge is 0.311 e. The Morgan fingerprint density at radius 2 is 1.71 bits per heavy atom. The molecule has 0 bridgehead atoms. The first-order valence-electron chi connectivity index (χ1n) is 7.87. The summed E-state index contributed by atoms with van der Waals surface area (Å²) in [6, 6.07) is 1.73. The standard InChI is InChI=1S/C15H26N2/c1-2-11(1)7-8-17-10-14(12-3-4-12)16-9-15(17)13-5-6-13/h11-16H,1-10H2. The van der Waals surface area contributed by atoms with Gasteiger partial charge in [-0.2, -0.15) is 0 Å². The van der Waals surface area contributed by atoms with Gasteiger partial charge in [-0.05, 0) is 56.4 Å². The number of hydrogen-bond donors (Lipinski definition) is 1. The Bertz CT molecular complexity index is 279. The van der Waals surface area contributed by atoms with Gasteiger partial charge < -0.3 is 5.32 Å². The molecule has 17 heavy (non-hydrogen) atoms. The number of nitrogens with zero attached hydrogens (tertiary/aromatic N) is 1. The Labute approximate surface area is 105 Å². The van der Waals surface area contributed by atoms with E-state index in [2.05, 4.69) is 10.2 Å². The summed E-state index contributed by atoms with van der Waals surface area (Å²) in [6.07, 6.45) is 10.5. The molecule has 0 spiro atoms. The van der Waals surface area contributed by atoms with Crippen LogP contribution in [-0.2, 0) is 0 Å². The smallest absolute Gasteiger partial charge is 0.0249 e. The van der Waals surface area contributed by atoms with Crippen molar-refractivity contribution >= 4 is 0 Å². The third-order valence-electron chi connectivity index (χ3n) is 5.37. The average molecular weight is 234 g/mol. The molecule has 4 fully saturated rings. The highest BCUT2D eigenvalue weighted by atomic mass is 15.2. The summed E-state index contributed by atoms with van der Waals surface area (Å²) in [5.74, 6) is 3.17. The molecule has 0 aromatic carbocycles. The van der Waals surface area contributed by atoms with Gasteiger partial charge in [-0.3, -0.25) is 4.90 Å². The number of nitrogens with one attached hydrogen (secondary N) is 1. The molecule has 4 rings (SSSR count). The molecule has 0 amide bonds. The van der Waals surface area contributed by atoms with Crippen LogP contribution < -0.4 is 5.32 Å². The number of rotatable bonds is 5. The average Bonchev–Trinajstić information content (AvgIpc) is 3.21. The Morgan fingerprint density at radius 3 is 2.35 bits per heavy atom. The maximum Gasteiger partial charge on any atom is 0.0249 e. The van der Waals surface area contributed by atoms with Crippen LogP contribution in [0.5, 0.6) is 0 Å². The Balaban J connectivity index is 1.36. The number of piperazine rings is 1. The van der Waals surface area contributed by atoms with E-state index in [1.54, 1.807) is 0 Å². The summed E-state index contributed by atoms with van der Waals surface area (Å²) in [7, 11) is 0. The van der Waals surface area contributed by atoms with Crippen LogP contribution in [0.25, 0.3) is 0 Å². The molecule has 2 unspecified atom stereocenters. The molecule has 3 saturated carbocycles. The van der Waals surface area contributed by atoms with Gasteiger partial charge in [0.2, 0.25) is 0 Å². The highest BCUT2D eigenvalue weighted by molar-refractivity contribution is 4.99. The van der Waals surface area contributed by atoms with Crippen molar-refractivity contribution in [1.82, 2.24) is 10.2 Å². The molecule has 0 aromatic heterocycles. The minimum atomic E-state index is 0.837. The van der Waals surface area contributed by atoms with Gasteiger partial charge in [0.25, 0.3) is 0 Å². The monoisotopic (exact) mass is 234 g/mol. The van der Waals surface area contributed by atoms with Gasteiger partial charge in [0.15, 0.2) is 0 Å². The van der Waals surface area contributed by atoms with Gasteiger partial charge >= 0.3 is 0 Å². The Morgan fingerprint density at radius 1 is 0.941 bits per heavy atom. The minimum absolute atomic E-state index is 0.837. The van der Waals surface area contributed by atoms with Crippen LogP contribution in [0.3, 0.4) is 0 Å². The van der Waals surface area contributed by atoms with E-state index >= 15 is 0 Å². The van der Waals surface area contributed by atoms with Crippen LogP contribution in [-0.4, -0.2) is 36.6 Å². The van der Waals surface area contributed by atoms with Crippen molar-refractivity contribution in [3.8, 4) is 0 Å². The van der Waals surface area contributed by atoms with Crippen molar-refractivity contribution in [2.45, 2.75) is 57.0 Å². The third kappa shape index (κ3) is 2.53. The fourth-order valence-electron chi connectivity index (χ4n) is 3.63. The molecule has 2 nitrogen and oxygen atoms in total. The number of hydrogen-bond acceptors (Lipinski definition) is 2. The second kappa shape index (κ2) is 4.24. The summed E-state index contributed by atoms with van der Waals surface area (Å²) in [5.41, 5.74) is 0. The molecule has 1 N–H and O–H groups in total. The fraction of sp³-hybridized carbons (Fsp3) is 1.00. The highest BCUT2D eigenvalue weighted by Gasteiger charge is 2.42. The van der Waals surface area contributed by atoms with E-state index in [0.717, 1.165) is 29.8 Å². The van der Waals surface area contributed by atoms with Gasteiger partial charge in [-0.1, -0.05) is 12.8 Å². The van der Waals surface area contributed by atoms with E-state index in [0.29, 0.717) is 0 Å². The lowest BCUT2D eigenvalue weighted by Crippen LogP contribution is -2.58. The second-order valence-corrected chi connectivity index (χ2v) is 6.98. The van der Waals surface area contributed by atoms with Crippen molar-refractivity contribution in [2.75, 3.05) is 19.6 Å². The molecule has 3 aliphatic carbocycles. The van der Waals surface area contributed by atoms with E-state index < -0.39 is 0 Å². The molecule has 96 valence electrons. The SMILES string of the molecule is C1CC1CCN1CC(C2CC2)NCC1C1CC1. The molecule has 1 aliphatic heterocycles. The van der Waals surface area contributed by atoms with E-state index in [-0.39, 0.29) is 0 Å². The fourth-order valence-corrected chi connectivity index (χ4v) is 3.63. The molecule has 2 heteroatoms. The third-order valence-corrected chi connectivity index (χ3v) is 5.37. The first-order valence-corrected chi connectivity index (χ1v) is 7.87. The van der Waals surface area contributed by atoms with Gasteiger partial charge in [-0.25, -0.2) is 0 Å². The predicted octanol–water partition coefficient (Wildman–Crippen LogP) is 2.25. The van der Waals surface area contributed by atoms with Crippen LogP contribution in [0.4, 0.5) is 0 Å². The topological polar surface area (TPSA) is 15.3 Å². The van der Waals surface area contributed by atoms with Gasteiger partial charge in [-0.15, -0.1) is 0 Å². The van der Waals surface area contributed by atoms with Crippen LogP contribution in [0.15, 0.2) is 0 Å². The zero-order chi connectivity index (χ0) is 11.2. The summed E-state index contributed by atoms with van der Waals surface area (Å²) in [6.45, 7) is 4.05. The van der Waals surface area contributed by atoms with Crippen molar-refractivity contribution < 1.29 is 0 Å². The van der Waals surface area contributed by atoms with Crippen molar-refractivity contribution in [2.24, 2.45) is 17.8 Å². The molecular weight excluding hydrogens is 208 g/mol. The predicted molar refractivity (Wildman–Crippen MR) is 69.9 cm³/mol.